The van der Waals surface area contributed by atoms with Crippen molar-refractivity contribution >= 4 is 5.91 Å². The molecule has 2 saturated heterocycles. The minimum Gasteiger partial charge on any atom is -0.337 e. The predicted molar refractivity (Wildman–Crippen MR) is 96.7 cm³/mol. The Morgan fingerprint density at radius 1 is 1.12 bits per heavy atom. The molecule has 1 spiro atoms. The van der Waals surface area contributed by atoms with E-state index in [4.69, 9.17) is 0 Å². The third-order valence-corrected chi connectivity index (χ3v) is 5.62. The maximum atomic E-state index is 12.5. The summed E-state index contributed by atoms with van der Waals surface area (Å²) in [7, 11) is 1.42. The second kappa shape index (κ2) is 6.25. The molecule has 7 heteroatoms. The van der Waals surface area contributed by atoms with Gasteiger partial charge in [-0.15, -0.1) is 0 Å². The van der Waals surface area contributed by atoms with Crippen LogP contribution in [0.2, 0.25) is 0 Å². The van der Waals surface area contributed by atoms with Gasteiger partial charge in [0, 0.05) is 45.5 Å². The fourth-order valence-electron chi connectivity index (χ4n) is 3.82. The highest BCUT2D eigenvalue weighted by molar-refractivity contribution is 5.77. The Morgan fingerprint density at radius 3 is 2.50 bits per heavy atom. The van der Waals surface area contributed by atoms with Crippen molar-refractivity contribution in [3.05, 3.63) is 69.0 Å². The number of carbonyl (C=O) groups is 1. The molecule has 1 aromatic carbocycles. The molecule has 1 amide bonds. The number of aromatic nitrogens is 2. The molecule has 4 rings (SSSR count). The lowest BCUT2D eigenvalue weighted by Crippen LogP contribution is -2.77. The van der Waals surface area contributed by atoms with E-state index >= 15 is 0 Å². The molecule has 0 saturated carbocycles. The van der Waals surface area contributed by atoms with Crippen LogP contribution in [0.4, 0.5) is 0 Å². The Kier molecular flexibility index (Phi) is 4.03. The summed E-state index contributed by atoms with van der Waals surface area (Å²) in [6, 6.07) is 11.7. The first-order valence-electron chi connectivity index (χ1n) is 8.82. The highest BCUT2D eigenvalue weighted by Crippen LogP contribution is 2.40. The molecule has 0 aliphatic carbocycles. The van der Waals surface area contributed by atoms with Gasteiger partial charge in [0.05, 0.1) is 5.54 Å². The Bertz CT molecular complexity index is 941. The molecule has 2 fully saturated rings. The second-order valence-electron chi connectivity index (χ2n) is 7.25. The number of hydrogen-bond donors (Lipinski definition) is 0. The second-order valence-corrected chi connectivity index (χ2v) is 7.25. The molecule has 136 valence electrons. The van der Waals surface area contributed by atoms with Gasteiger partial charge in [0.2, 0.25) is 5.91 Å². The van der Waals surface area contributed by atoms with Crippen molar-refractivity contribution in [2.24, 2.45) is 7.05 Å². The molecule has 0 unspecified atom stereocenters. The average molecular weight is 354 g/mol. The van der Waals surface area contributed by atoms with E-state index in [1.54, 1.807) is 4.90 Å². The summed E-state index contributed by atoms with van der Waals surface area (Å²) in [5, 5.41) is 0. The topological polar surface area (TPSA) is 67.6 Å². The summed E-state index contributed by atoms with van der Waals surface area (Å²) in [5.41, 5.74) is 0.552. The SMILES string of the molecule is Cn1c(=O)ccn(CC(=O)N2CC3(CCN3Cc3ccccc3)C2)c1=O. The standard InChI is InChI=1S/C19H22N4O3/c1-20-16(24)7-9-21(18(20)26)12-17(25)22-13-19(14-22)8-10-23(19)11-15-5-3-2-4-6-15/h2-7,9H,8,10-14H2,1H3. The first-order valence-corrected chi connectivity index (χ1v) is 8.82. The van der Waals surface area contributed by atoms with Crippen LogP contribution >= 0.6 is 0 Å². The molecule has 1 aromatic heterocycles. The minimum atomic E-state index is -0.463. The van der Waals surface area contributed by atoms with Crippen molar-refractivity contribution in [3.63, 3.8) is 0 Å². The highest BCUT2D eigenvalue weighted by Gasteiger charge is 2.54. The van der Waals surface area contributed by atoms with E-state index in [1.165, 1.54) is 29.4 Å². The summed E-state index contributed by atoms with van der Waals surface area (Å²) in [6.07, 6.45) is 2.49. The van der Waals surface area contributed by atoms with Crippen LogP contribution in [0, 0.1) is 0 Å². The van der Waals surface area contributed by atoms with Crippen molar-refractivity contribution in [1.29, 1.82) is 0 Å². The largest absolute Gasteiger partial charge is 0.337 e. The summed E-state index contributed by atoms with van der Waals surface area (Å²) in [4.78, 5) is 40.2. The fraction of sp³-hybridized carbons (Fsp3) is 0.421. The Morgan fingerprint density at radius 2 is 1.85 bits per heavy atom. The third-order valence-electron chi connectivity index (χ3n) is 5.62. The predicted octanol–water partition coefficient (Wildman–Crippen LogP) is 0.0339. The van der Waals surface area contributed by atoms with Gasteiger partial charge in [-0.25, -0.2) is 4.79 Å². The molecule has 0 radical (unpaired) electrons. The molecule has 3 heterocycles. The number of rotatable bonds is 4. The molecule has 2 aliphatic heterocycles. The van der Waals surface area contributed by atoms with Gasteiger partial charge in [0.25, 0.3) is 5.56 Å². The van der Waals surface area contributed by atoms with Crippen LogP contribution in [0.1, 0.15) is 12.0 Å². The first kappa shape index (κ1) is 16.8. The summed E-state index contributed by atoms with van der Waals surface area (Å²) in [5.74, 6) is -0.0806. The van der Waals surface area contributed by atoms with Gasteiger partial charge in [-0.3, -0.25) is 23.6 Å². The van der Waals surface area contributed by atoms with Crippen LogP contribution in [0.25, 0.3) is 0 Å². The van der Waals surface area contributed by atoms with Gasteiger partial charge in [-0.2, -0.15) is 0 Å². The van der Waals surface area contributed by atoms with Crippen molar-refractivity contribution in [3.8, 4) is 0 Å². The molecule has 26 heavy (non-hydrogen) atoms. The van der Waals surface area contributed by atoms with E-state index < -0.39 is 5.69 Å². The van der Waals surface area contributed by atoms with E-state index in [0.29, 0.717) is 13.1 Å². The Hall–Kier alpha value is -2.67. The van der Waals surface area contributed by atoms with E-state index in [0.717, 1.165) is 24.1 Å². The van der Waals surface area contributed by atoms with Gasteiger partial charge < -0.3 is 4.90 Å². The Balaban J connectivity index is 1.37. The first-order chi connectivity index (χ1) is 12.5. The van der Waals surface area contributed by atoms with Crippen LogP contribution in [-0.2, 0) is 24.9 Å². The number of hydrogen-bond acceptors (Lipinski definition) is 4. The number of amides is 1. The van der Waals surface area contributed by atoms with Crippen LogP contribution in [0.15, 0.2) is 52.2 Å². The van der Waals surface area contributed by atoms with Crippen LogP contribution in [0.5, 0.6) is 0 Å². The van der Waals surface area contributed by atoms with Gasteiger partial charge in [0.15, 0.2) is 0 Å². The zero-order valence-corrected chi connectivity index (χ0v) is 14.8. The van der Waals surface area contributed by atoms with Gasteiger partial charge in [-0.1, -0.05) is 30.3 Å². The van der Waals surface area contributed by atoms with E-state index in [1.807, 2.05) is 18.2 Å². The quantitative estimate of drug-likeness (QED) is 0.777. The molecular weight excluding hydrogens is 332 g/mol. The smallest absolute Gasteiger partial charge is 0.331 e. The number of carbonyl (C=O) groups excluding carboxylic acids is 1. The fourth-order valence-corrected chi connectivity index (χ4v) is 3.82. The number of likely N-dealkylation sites (tertiary alicyclic amines) is 2. The molecule has 0 atom stereocenters. The minimum absolute atomic E-state index is 0.0261. The summed E-state index contributed by atoms with van der Waals surface area (Å²) in [6.45, 7) is 3.35. The van der Waals surface area contributed by atoms with E-state index in [-0.39, 0.29) is 23.6 Å². The molecule has 0 bridgehead atoms. The van der Waals surface area contributed by atoms with Crippen molar-refractivity contribution < 1.29 is 4.79 Å². The van der Waals surface area contributed by atoms with E-state index in [2.05, 4.69) is 17.0 Å². The molecule has 7 nitrogen and oxygen atoms in total. The zero-order chi connectivity index (χ0) is 18.3. The normalized spacial score (nSPS) is 18.4. The van der Waals surface area contributed by atoms with Crippen molar-refractivity contribution in [2.75, 3.05) is 19.6 Å². The average Bonchev–Trinajstić information content (AvgIpc) is 2.59. The number of benzene rings is 1. The highest BCUT2D eigenvalue weighted by atomic mass is 16.2. The van der Waals surface area contributed by atoms with Gasteiger partial charge in [0.1, 0.15) is 6.54 Å². The maximum Gasteiger partial charge on any atom is 0.331 e. The summed E-state index contributed by atoms with van der Waals surface area (Å²) < 4.78 is 2.30. The van der Waals surface area contributed by atoms with Crippen LogP contribution < -0.4 is 11.2 Å². The van der Waals surface area contributed by atoms with Crippen LogP contribution in [-0.4, -0.2) is 50.0 Å². The lowest BCUT2D eigenvalue weighted by atomic mass is 9.77. The van der Waals surface area contributed by atoms with E-state index in [9.17, 15) is 14.4 Å². The van der Waals surface area contributed by atoms with Crippen molar-refractivity contribution in [2.45, 2.75) is 25.0 Å². The molecule has 2 aromatic rings. The zero-order valence-electron chi connectivity index (χ0n) is 14.8. The van der Waals surface area contributed by atoms with Crippen molar-refractivity contribution in [1.82, 2.24) is 18.9 Å². The lowest BCUT2D eigenvalue weighted by Gasteiger charge is -2.62. The maximum absolute atomic E-state index is 12.5. The molecule has 2 aliphatic rings. The summed E-state index contributed by atoms with van der Waals surface area (Å²) >= 11 is 0. The number of nitrogens with zero attached hydrogens (tertiary/aromatic N) is 4. The molecular formula is C19H22N4O3. The monoisotopic (exact) mass is 354 g/mol. The van der Waals surface area contributed by atoms with Crippen LogP contribution in [0.3, 0.4) is 0 Å². The third kappa shape index (κ3) is 2.78. The van der Waals surface area contributed by atoms with Gasteiger partial charge in [-0.05, 0) is 12.0 Å². The van der Waals surface area contributed by atoms with Gasteiger partial charge >= 0.3 is 5.69 Å². The Labute approximate surface area is 151 Å². The molecule has 0 N–H and O–H groups in total. The lowest BCUT2D eigenvalue weighted by molar-refractivity contribution is -0.163.